The number of primary amides is 1. The zero-order valence-electron chi connectivity index (χ0n) is 9.67. The van der Waals surface area contributed by atoms with Crippen molar-refractivity contribution in [3.63, 3.8) is 0 Å². The molecule has 0 aliphatic rings. The van der Waals surface area contributed by atoms with Crippen LogP contribution in [0.1, 0.15) is 15.9 Å². The molecule has 4 N–H and O–H groups in total. The Morgan fingerprint density at radius 2 is 1.83 bits per heavy atom. The first kappa shape index (κ1) is 11.9. The summed E-state index contributed by atoms with van der Waals surface area (Å²) < 4.78 is 1.83. The van der Waals surface area contributed by atoms with Gasteiger partial charge >= 0.3 is 0 Å². The van der Waals surface area contributed by atoms with E-state index in [1.54, 1.807) is 30.6 Å². The maximum Gasteiger partial charge on any atom is 0.248 e. The monoisotopic (exact) mass is 243 g/mol. The molecule has 0 aliphatic heterocycles. The number of carbonyl (C=O) groups excluding carboxylic acids is 1. The van der Waals surface area contributed by atoms with E-state index in [1.807, 2.05) is 4.57 Å². The summed E-state index contributed by atoms with van der Waals surface area (Å²) in [5.41, 5.74) is 12.7. The summed E-state index contributed by atoms with van der Waals surface area (Å²) in [4.78, 5) is 22.0. The highest BCUT2D eigenvalue weighted by atomic mass is 16.1. The van der Waals surface area contributed by atoms with Gasteiger partial charge in [0.25, 0.3) is 0 Å². The maximum atomic E-state index is 11.0. The number of carbonyl (C=O) groups is 1. The molecule has 5 nitrogen and oxygen atoms in total. The molecular formula is C13H13N3O2. The minimum absolute atomic E-state index is 0.0386. The molecule has 18 heavy (non-hydrogen) atoms. The Morgan fingerprint density at radius 3 is 2.39 bits per heavy atom. The molecule has 1 heterocycles. The van der Waals surface area contributed by atoms with Gasteiger partial charge in [-0.1, -0.05) is 6.07 Å². The second kappa shape index (κ2) is 4.75. The van der Waals surface area contributed by atoms with Crippen LogP contribution in [0.5, 0.6) is 0 Å². The molecule has 0 atom stereocenters. The number of nitrogens with two attached hydrogens (primary N) is 2. The Morgan fingerprint density at radius 1 is 1.17 bits per heavy atom. The summed E-state index contributed by atoms with van der Waals surface area (Å²) in [6.07, 6.45) is 3.37. The molecule has 0 saturated carbocycles. The molecule has 0 aliphatic carbocycles. The van der Waals surface area contributed by atoms with E-state index in [0.717, 1.165) is 5.56 Å². The van der Waals surface area contributed by atoms with Crippen LogP contribution in [0.3, 0.4) is 0 Å². The Bertz CT molecular complexity index is 626. The summed E-state index contributed by atoms with van der Waals surface area (Å²) >= 11 is 0. The van der Waals surface area contributed by atoms with Crippen LogP contribution in [0, 0.1) is 0 Å². The van der Waals surface area contributed by atoms with Gasteiger partial charge in [-0.2, -0.15) is 0 Å². The van der Waals surface area contributed by atoms with Crippen molar-refractivity contribution in [2.24, 2.45) is 5.73 Å². The number of rotatable bonds is 3. The number of benzene rings is 1. The minimum Gasteiger partial charge on any atom is -0.398 e. The van der Waals surface area contributed by atoms with Crippen LogP contribution in [-0.2, 0) is 6.54 Å². The molecular weight excluding hydrogens is 230 g/mol. The van der Waals surface area contributed by atoms with E-state index in [-0.39, 0.29) is 5.43 Å². The second-order valence-corrected chi connectivity index (χ2v) is 3.98. The number of aromatic nitrogens is 1. The molecule has 1 aromatic heterocycles. The third-order valence-corrected chi connectivity index (χ3v) is 2.64. The average molecular weight is 243 g/mol. The molecule has 0 unspecified atom stereocenters. The van der Waals surface area contributed by atoms with Crippen molar-refractivity contribution >= 4 is 11.6 Å². The lowest BCUT2D eigenvalue weighted by Gasteiger charge is -2.09. The Hall–Kier alpha value is -2.56. The Kier molecular flexibility index (Phi) is 3.14. The molecule has 2 aromatic rings. The lowest BCUT2D eigenvalue weighted by atomic mass is 10.1. The largest absolute Gasteiger partial charge is 0.398 e. The highest BCUT2D eigenvalue weighted by Crippen LogP contribution is 2.15. The summed E-state index contributed by atoms with van der Waals surface area (Å²) in [6.45, 7) is 0.533. The van der Waals surface area contributed by atoms with Crippen molar-refractivity contribution in [2.75, 3.05) is 5.73 Å². The third kappa shape index (κ3) is 2.57. The fraction of sp³-hybridized carbons (Fsp3) is 0.0769. The van der Waals surface area contributed by atoms with Crippen LogP contribution in [0.15, 0.2) is 47.5 Å². The van der Waals surface area contributed by atoms with E-state index in [1.165, 1.54) is 12.1 Å². The highest BCUT2D eigenvalue weighted by molar-refractivity contribution is 5.93. The molecule has 1 amide bonds. The molecule has 0 radical (unpaired) electrons. The van der Waals surface area contributed by atoms with Gasteiger partial charge in [-0.25, -0.2) is 0 Å². The number of hydrogen-bond donors (Lipinski definition) is 2. The summed E-state index contributed by atoms with van der Waals surface area (Å²) in [5.74, 6) is -0.503. The minimum atomic E-state index is -0.503. The molecule has 0 spiro atoms. The number of nitrogens with zero attached hydrogens (tertiary/aromatic N) is 1. The maximum absolute atomic E-state index is 11.0. The molecule has 2 rings (SSSR count). The van der Waals surface area contributed by atoms with Gasteiger partial charge in [0.05, 0.1) is 0 Å². The van der Waals surface area contributed by atoms with Crippen LogP contribution in [0.4, 0.5) is 5.69 Å². The zero-order valence-corrected chi connectivity index (χ0v) is 9.67. The van der Waals surface area contributed by atoms with Crippen molar-refractivity contribution in [2.45, 2.75) is 6.54 Å². The van der Waals surface area contributed by atoms with Gasteiger partial charge in [-0.15, -0.1) is 0 Å². The lowest BCUT2D eigenvalue weighted by molar-refractivity contribution is 0.100. The van der Waals surface area contributed by atoms with Crippen molar-refractivity contribution in [1.29, 1.82) is 0 Å². The van der Waals surface area contributed by atoms with Gasteiger partial charge < -0.3 is 16.0 Å². The summed E-state index contributed by atoms with van der Waals surface area (Å²) in [7, 11) is 0. The summed E-state index contributed by atoms with van der Waals surface area (Å²) in [6, 6.07) is 7.91. The topological polar surface area (TPSA) is 91.1 Å². The second-order valence-electron chi connectivity index (χ2n) is 3.98. The van der Waals surface area contributed by atoms with Gasteiger partial charge in [0, 0.05) is 42.3 Å². The van der Waals surface area contributed by atoms with Gasteiger partial charge in [-0.3, -0.25) is 9.59 Å². The van der Waals surface area contributed by atoms with E-state index in [2.05, 4.69) is 0 Å². The quantitative estimate of drug-likeness (QED) is 0.772. The van der Waals surface area contributed by atoms with Crippen molar-refractivity contribution in [3.8, 4) is 0 Å². The van der Waals surface area contributed by atoms with Gasteiger partial charge in [0.1, 0.15) is 0 Å². The first-order valence-electron chi connectivity index (χ1n) is 5.40. The van der Waals surface area contributed by atoms with Crippen LogP contribution in [-0.4, -0.2) is 10.5 Å². The zero-order chi connectivity index (χ0) is 13.1. The molecule has 92 valence electrons. The molecule has 5 heteroatoms. The number of pyridine rings is 1. The molecule has 0 saturated heterocycles. The number of nitrogen functional groups attached to an aromatic ring is 1. The van der Waals surface area contributed by atoms with Crippen LogP contribution >= 0.6 is 0 Å². The van der Waals surface area contributed by atoms with E-state index >= 15 is 0 Å². The normalized spacial score (nSPS) is 10.2. The summed E-state index contributed by atoms with van der Waals surface area (Å²) in [5, 5.41) is 0. The molecule has 1 aromatic carbocycles. The van der Waals surface area contributed by atoms with E-state index in [4.69, 9.17) is 11.5 Å². The highest BCUT2D eigenvalue weighted by Gasteiger charge is 2.04. The molecule has 0 bridgehead atoms. The Balaban J connectivity index is 2.27. The molecule has 0 fully saturated rings. The smallest absolute Gasteiger partial charge is 0.248 e. The van der Waals surface area contributed by atoms with Crippen LogP contribution < -0.4 is 16.9 Å². The SMILES string of the molecule is NC(=O)c1ccc(Cn2ccc(=O)cc2)c(N)c1. The fourth-order valence-electron chi connectivity index (χ4n) is 1.64. The van der Waals surface area contributed by atoms with Crippen molar-refractivity contribution in [1.82, 2.24) is 4.57 Å². The van der Waals surface area contributed by atoms with Gasteiger partial charge in [-0.05, 0) is 17.7 Å². The van der Waals surface area contributed by atoms with Crippen LogP contribution in [0.25, 0.3) is 0 Å². The first-order valence-corrected chi connectivity index (χ1v) is 5.40. The predicted molar refractivity (Wildman–Crippen MR) is 69.2 cm³/mol. The predicted octanol–water partition coefficient (Wildman–Crippen LogP) is 0.578. The van der Waals surface area contributed by atoms with Gasteiger partial charge in [0.2, 0.25) is 5.91 Å². The Labute approximate surface area is 104 Å². The van der Waals surface area contributed by atoms with Crippen LogP contribution in [0.2, 0.25) is 0 Å². The van der Waals surface area contributed by atoms with E-state index < -0.39 is 5.91 Å². The van der Waals surface area contributed by atoms with Crippen molar-refractivity contribution in [3.05, 3.63) is 64.1 Å². The number of hydrogen-bond acceptors (Lipinski definition) is 3. The number of amides is 1. The van der Waals surface area contributed by atoms with E-state index in [0.29, 0.717) is 17.8 Å². The first-order chi connectivity index (χ1) is 8.56. The van der Waals surface area contributed by atoms with E-state index in [9.17, 15) is 9.59 Å². The standard InChI is InChI=1S/C13H13N3O2/c14-12-7-9(13(15)18)1-2-10(12)8-16-5-3-11(17)4-6-16/h1-7H,8,14H2,(H2,15,18). The average Bonchev–Trinajstić information content (AvgIpc) is 2.34. The lowest BCUT2D eigenvalue weighted by Crippen LogP contribution is -2.12. The van der Waals surface area contributed by atoms with Crippen molar-refractivity contribution < 1.29 is 4.79 Å². The van der Waals surface area contributed by atoms with Gasteiger partial charge in [0.15, 0.2) is 5.43 Å². The fourth-order valence-corrected chi connectivity index (χ4v) is 1.64. The third-order valence-electron chi connectivity index (χ3n) is 2.64. The number of anilines is 1.